The van der Waals surface area contributed by atoms with Crippen LogP contribution in [0.25, 0.3) is 0 Å². The van der Waals surface area contributed by atoms with Crippen LogP contribution in [0.3, 0.4) is 0 Å². The van der Waals surface area contributed by atoms with Crippen LogP contribution in [0, 0.1) is 0 Å². The topological polar surface area (TPSA) is 49.4 Å². The minimum Gasteiger partial charge on any atom is -0.313 e. The second-order valence-electron chi connectivity index (χ2n) is 4.46. The molecular weight excluding hydrogens is 269 g/mol. The molecule has 0 saturated heterocycles. The van der Waals surface area contributed by atoms with Crippen LogP contribution in [0.2, 0.25) is 0 Å². The molecule has 110 valence electrons. The van der Waals surface area contributed by atoms with Crippen LogP contribution in [-0.4, -0.2) is 51.3 Å². The molecule has 18 heavy (non-hydrogen) atoms. The molecular formula is C10H21F3N2O2S. The van der Waals surface area contributed by atoms with Crippen molar-refractivity contribution < 1.29 is 21.6 Å². The van der Waals surface area contributed by atoms with Gasteiger partial charge in [0, 0.05) is 33.1 Å². The van der Waals surface area contributed by atoms with Crippen molar-refractivity contribution in [3.63, 3.8) is 0 Å². The molecule has 0 aromatic rings. The Morgan fingerprint density at radius 1 is 1.28 bits per heavy atom. The van der Waals surface area contributed by atoms with Crippen LogP contribution in [-0.2, 0) is 10.0 Å². The molecule has 1 unspecified atom stereocenters. The van der Waals surface area contributed by atoms with Crippen molar-refractivity contribution in [2.45, 2.75) is 38.4 Å². The second kappa shape index (κ2) is 7.30. The fraction of sp³-hybridized carbons (Fsp3) is 1.00. The summed E-state index contributed by atoms with van der Waals surface area (Å²) in [7, 11) is -0.354. The Bertz CT molecular complexity index is 329. The van der Waals surface area contributed by atoms with Crippen molar-refractivity contribution in [1.82, 2.24) is 9.62 Å². The molecule has 0 heterocycles. The van der Waals surface area contributed by atoms with Crippen LogP contribution in [0.4, 0.5) is 13.2 Å². The van der Waals surface area contributed by atoms with Gasteiger partial charge in [0.2, 0.25) is 10.0 Å². The van der Waals surface area contributed by atoms with Gasteiger partial charge in [-0.15, -0.1) is 0 Å². The average Bonchev–Trinajstić information content (AvgIpc) is 2.14. The van der Waals surface area contributed by atoms with Crippen molar-refractivity contribution in [3.05, 3.63) is 0 Å². The lowest BCUT2D eigenvalue weighted by Crippen LogP contribution is -2.35. The summed E-state index contributed by atoms with van der Waals surface area (Å²) in [4.78, 5) is 0. The van der Waals surface area contributed by atoms with Crippen LogP contribution in [0.5, 0.6) is 0 Å². The lowest BCUT2D eigenvalue weighted by molar-refractivity contribution is -0.135. The molecule has 0 saturated carbocycles. The summed E-state index contributed by atoms with van der Waals surface area (Å²) in [6.07, 6.45) is -4.48. The molecule has 0 aromatic heterocycles. The first-order valence-corrected chi connectivity index (χ1v) is 7.36. The summed E-state index contributed by atoms with van der Waals surface area (Å²) in [6, 6.07) is -0.121. The highest BCUT2D eigenvalue weighted by Crippen LogP contribution is 2.22. The summed E-state index contributed by atoms with van der Waals surface area (Å²) in [5, 5.41) is 2.91. The van der Waals surface area contributed by atoms with Gasteiger partial charge in [-0.3, -0.25) is 0 Å². The highest BCUT2D eigenvalue weighted by Gasteiger charge is 2.26. The SMILES string of the molecule is CC(CCCC(F)(F)F)NCCS(=O)(=O)N(C)C. The van der Waals surface area contributed by atoms with E-state index in [9.17, 15) is 21.6 Å². The molecule has 0 aliphatic rings. The van der Waals surface area contributed by atoms with Gasteiger partial charge in [-0.1, -0.05) is 0 Å². The van der Waals surface area contributed by atoms with Crippen LogP contribution in [0.15, 0.2) is 0 Å². The van der Waals surface area contributed by atoms with E-state index in [1.54, 1.807) is 6.92 Å². The van der Waals surface area contributed by atoms with Gasteiger partial charge >= 0.3 is 6.18 Å². The Morgan fingerprint density at radius 2 is 1.83 bits per heavy atom. The number of sulfonamides is 1. The number of hydrogen-bond donors (Lipinski definition) is 1. The molecule has 0 aromatic carbocycles. The van der Waals surface area contributed by atoms with Gasteiger partial charge in [-0.2, -0.15) is 13.2 Å². The van der Waals surface area contributed by atoms with Gasteiger partial charge < -0.3 is 5.32 Å². The monoisotopic (exact) mass is 290 g/mol. The third-order valence-corrected chi connectivity index (χ3v) is 4.34. The Labute approximate surface area is 107 Å². The number of nitrogens with zero attached hydrogens (tertiary/aromatic N) is 1. The van der Waals surface area contributed by atoms with Gasteiger partial charge in [0.05, 0.1) is 5.75 Å². The van der Waals surface area contributed by atoms with Crippen LogP contribution in [0.1, 0.15) is 26.2 Å². The molecule has 8 heteroatoms. The molecule has 0 aliphatic heterocycles. The van der Waals surface area contributed by atoms with Crippen molar-refractivity contribution in [1.29, 1.82) is 0 Å². The maximum Gasteiger partial charge on any atom is 0.389 e. The molecule has 0 fully saturated rings. The minimum absolute atomic E-state index is 0.0520. The first-order valence-electron chi connectivity index (χ1n) is 5.75. The largest absolute Gasteiger partial charge is 0.389 e. The number of halogens is 3. The molecule has 0 rings (SSSR count). The summed E-state index contributed by atoms with van der Waals surface area (Å²) in [5.41, 5.74) is 0. The van der Waals surface area contributed by atoms with E-state index < -0.39 is 22.6 Å². The molecule has 0 bridgehead atoms. The highest BCUT2D eigenvalue weighted by atomic mass is 32.2. The maximum absolute atomic E-state index is 11.9. The Balaban J connectivity index is 3.76. The van der Waals surface area contributed by atoms with E-state index in [-0.39, 0.29) is 24.8 Å². The van der Waals surface area contributed by atoms with Crippen molar-refractivity contribution in [3.8, 4) is 0 Å². The third-order valence-electron chi connectivity index (χ3n) is 2.51. The van der Waals surface area contributed by atoms with Crippen molar-refractivity contribution in [2.75, 3.05) is 26.4 Å². The molecule has 1 N–H and O–H groups in total. The van der Waals surface area contributed by atoms with E-state index in [1.165, 1.54) is 14.1 Å². The first-order chi connectivity index (χ1) is 8.04. The zero-order chi connectivity index (χ0) is 14.4. The number of alkyl halides is 3. The molecule has 0 radical (unpaired) electrons. The number of rotatable bonds is 8. The van der Waals surface area contributed by atoms with E-state index in [2.05, 4.69) is 5.32 Å². The minimum atomic E-state index is -4.12. The first kappa shape index (κ1) is 17.7. The molecule has 0 spiro atoms. The summed E-state index contributed by atoms with van der Waals surface area (Å²) in [5.74, 6) is -0.0520. The molecule has 0 amide bonds. The summed E-state index contributed by atoms with van der Waals surface area (Å²) < 4.78 is 59.6. The number of nitrogens with one attached hydrogen (secondary N) is 1. The normalized spacial score (nSPS) is 15.1. The highest BCUT2D eigenvalue weighted by molar-refractivity contribution is 7.89. The Kier molecular flexibility index (Phi) is 7.16. The van der Waals surface area contributed by atoms with Crippen LogP contribution < -0.4 is 5.32 Å². The van der Waals surface area contributed by atoms with Gasteiger partial charge in [0.15, 0.2) is 0 Å². The quantitative estimate of drug-likeness (QED) is 0.738. The van der Waals surface area contributed by atoms with E-state index in [1.807, 2.05) is 0 Å². The van der Waals surface area contributed by atoms with Gasteiger partial charge in [-0.05, 0) is 19.8 Å². The van der Waals surface area contributed by atoms with E-state index in [0.717, 1.165) is 4.31 Å². The van der Waals surface area contributed by atoms with Gasteiger partial charge in [0.1, 0.15) is 0 Å². The van der Waals surface area contributed by atoms with E-state index >= 15 is 0 Å². The Hall–Kier alpha value is -0.340. The lowest BCUT2D eigenvalue weighted by atomic mass is 10.1. The zero-order valence-electron chi connectivity index (χ0n) is 10.9. The second-order valence-corrected chi connectivity index (χ2v) is 6.76. The van der Waals surface area contributed by atoms with E-state index in [0.29, 0.717) is 6.42 Å². The maximum atomic E-state index is 11.9. The molecule has 0 aliphatic carbocycles. The van der Waals surface area contributed by atoms with Crippen molar-refractivity contribution >= 4 is 10.0 Å². The fourth-order valence-corrected chi connectivity index (χ4v) is 2.07. The van der Waals surface area contributed by atoms with Crippen molar-refractivity contribution in [2.24, 2.45) is 0 Å². The summed E-state index contributed by atoms with van der Waals surface area (Å²) >= 11 is 0. The van der Waals surface area contributed by atoms with Gasteiger partial charge in [0.25, 0.3) is 0 Å². The summed E-state index contributed by atoms with van der Waals surface area (Å²) in [6.45, 7) is 1.99. The molecule has 4 nitrogen and oxygen atoms in total. The average molecular weight is 290 g/mol. The zero-order valence-corrected chi connectivity index (χ0v) is 11.7. The standard InChI is InChI=1S/C10H21F3N2O2S/c1-9(5-4-6-10(11,12)13)14-7-8-18(16,17)15(2)3/h9,14H,4-8H2,1-3H3. The lowest BCUT2D eigenvalue weighted by Gasteiger charge is -2.16. The van der Waals surface area contributed by atoms with Gasteiger partial charge in [-0.25, -0.2) is 12.7 Å². The number of hydrogen-bond acceptors (Lipinski definition) is 3. The predicted molar refractivity (Wildman–Crippen MR) is 64.8 cm³/mol. The Morgan fingerprint density at radius 3 is 2.28 bits per heavy atom. The third kappa shape index (κ3) is 8.71. The van der Waals surface area contributed by atoms with Crippen LogP contribution >= 0.6 is 0 Å². The molecule has 1 atom stereocenters. The smallest absolute Gasteiger partial charge is 0.313 e. The fourth-order valence-electron chi connectivity index (χ4n) is 1.33. The van der Waals surface area contributed by atoms with E-state index in [4.69, 9.17) is 0 Å². The predicted octanol–water partition coefficient (Wildman–Crippen LogP) is 1.59.